The second kappa shape index (κ2) is 9.33. The molecular formula is C26H25N7O. The molecule has 170 valence electrons. The number of anilines is 1. The Morgan fingerprint density at radius 3 is 2.74 bits per heavy atom. The number of hydrogen-bond acceptors (Lipinski definition) is 7. The minimum absolute atomic E-state index is 0.0755. The zero-order valence-electron chi connectivity index (χ0n) is 18.7. The summed E-state index contributed by atoms with van der Waals surface area (Å²) >= 11 is 0. The largest absolute Gasteiger partial charge is 0.383 e. The topological polar surface area (TPSA) is 111 Å². The van der Waals surface area contributed by atoms with E-state index in [0.717, 1.165) is 43.2 Å². The van der Waals surface area contributed by atoms with Gasteiger partial charge in [-0.3, -0.25) is 9.79 Å². The van der Waals surface area contributed by atoms with Gasteiger partial charge in [0.15, 0.2) is 0 Å². The number of rotatable bonds is 3. The summed E-state index contributed by atoms with van der Waals surface area (Å²) in [5, 5.41) is 10.9. The van der Waals surface area contributed by atoms with E-state index in [4.69, 9.17) is 11.1 Å². The van der Waals surface area contributed by atoms with E-state index >= 15 is 0 Å². The second-order valence-electron chi connectivity index (χ2n) is 8.23. The molecule has 3 aliphatic heterocycles. The van der Waals surface area contributed by atoms with Crippen molar-refractivity contribution in [2.75, 3.05) is 38.5 Å². The highest BCUT2D eigenvalue weighted by Crippen LogP contribution is 2.25. The number of nitrogens with one attached hydrogen (secondary N) is 2. The quantitative estimate of drug-likeness (QED) is 0.486. The Morgan fingerprint density at radius 1 is 1.18 bits per heavy atom. The van der Waals surface area contributed by atoms with Crippen LogP contribution in [0.2, 0.25) is 0 Å². The summed E-state index contributed by atoms with van der Waals surface area (Å²) < 4.78 is 0. The van der Waals surface area contributed by atoms with Crippen molar-refractivity contribution < 1.29 is 4.79 Å². The fraction of sp³-hybridized carbons (Fsp3) is 0.231. The SMILES string of the molecule is N=Cc1c(C#CC2CN=C3C=CC(c4ccc(C(=O)N5CCNCC5)cc4)=CN32)ccnc1N. The second-order valence-corrected chi connectivity index (χ2v) is 8.23. The number of piperazine rings is 1. The Labute approximate surface area is 198 Å². The molecule has 0 aliphatic carbocycles. The highest BCUT2D eigenvalue weighted by molar-refractivity contribution is 6.01. The molecule has 0 saturated carbocycles. The highest BCUT2D eigenvalue weighted by atomic mass is 16.2. The lowest BCUT2D eigenvalue weighted by Crippen LogP contribution is -2.46. The van der Waals surface area contributed by atoms with E-state index in [2.05, 4.69) is 38.2 Å². The van der Waals surface area contributed by atoms with E-state index in [0.29, 0.717) is 29.1 Å². The number of carbonyl (C=O) groups is 1. The predicted molar refractivity (Wildman–Crippen MR) is 134 cm³/mol. The molecule has 1 amide bonds. The monoisotopic (exact) mass is 451 g/mol. The van der Waals surface area contributed by atoms with Gasteiger partial charge >= 0.3 is 0 Å². The number of nitrogens with zero attached hydrogens (tertiary/aromatic N) is 4. The van der Waals surface area contributed by atoms with Crippen molar-refractivity contribution in [1.82, 2.24) is 20.1 Å². The molecule has 1 fully saturated rings. The number of allylic oxidation sites excluding steroid dienone is 2. The highest BCUT2D eigenvalue weighted by Gasteiger charge is 2.26. The third kappa shape index (κ3) is 4.21. The number of nitrogens with two attached hydrogens (primary N) is 1. The van der Waals surface area contributed by atoms with E-state index in [1.165, 1.54) is 6.21 Å². The first kappa shape index (κ1) is 21.6. The number of pyridine rings is 1. The molecule has 0 spiro atoms. The molecule has 1 unspecified atom stereocenters. The summed E-state index contributed by atoms with van der Waals surface area (Å²) in [7, 11) is 0. The van der Waals surface area contributed by atoms with Crippen molar-refractivity contribution >= 4 is 29.3 Å². The molecule has 0 radical (unpaired) electrons. The van der Waals surface area contributed by atoms with Gasteiger partial charge in [-0.25, -0.2) is 4.98 Å². The van der Waals surface area contributed by atoms with Crippen LogP contribution in [-0.2, 0) is 0 Å². The van der Waals surface area contributed by atoms with Gasteiger partial charge in [0.2, 0.25) is 0 Å². The van der Waals surface area contributed by atoms with Gasteiger partial charge in [-0.2, -0.15) is 0 Å². The molecule has 5 rings (SSSR count). The van der Waals surface area contributed by atoms with Crippen molar-refractivity contribution in [2.45, 2.75) is 6.04 Å². The van der Waals surface area contributed by atoms with Crippen LogP contribution in [0.3, 0.4) is 0 Å². The van der Waals surface area contributed by atoms with Crippen LogP contribution in [0, 0.1) is 17.3 Å². The molecule has 3 aliphatic rings. The van der Waals surface area contributed by atoms with E-state index in [1.807, 2.05) is 41.3 Å². The summed E-state index contributed by atoms with van der Waals surface area (Å²) in [5.74, 6) is 7.67. The van der Waals surface area contributed by atoms with Crippen LogP contribution in [0.25, 0.3) is 5.57 Å². The van der Waals surface area contributed by atoms with E-state index in [1.54, 1.807) is 12.3 Å². The zero-order chi connectivity index (χ0) is 23.5. The molecule has 1 saturated heterocycles. The van der Waals surface area contributed by atoms with E-state index in [-0.39, 0.29) is 11.9 Å². The van der Waals surface area contributed by atoms with Crippen LogP contribution < -0.4 is 11.1 Å². The average molecular weight is 452 g/mol. The number of carbonyl (C=O) groups excluding carboxylic acids is 1. The molecule has 8 nitrogen and oxygen atoms in total. The maximum Gasteiger partial charge on any atom is 0.253 e. The van der Waals surface area contributed by atoms with Gasteiger partial charge in [-0.15, -0.1) is 0 Å². The maximum absolute atomic E-state index is 12.7. The number of nitrogen functional groups attached to an aromatic ring is 1. The number of amidine groups is 1. The van der Waals surface area contributed by atoms with Crippen LogP contribution in [-0.4, -0.2) is 71.5 Å². The molecular weight excluding hydrogens is 426 g/mol. The van der Waals surface area contributed by atoms with Crippen LogP contribution in [0.15, 0.2) is 59.9 Å². The molecule has 1 aromatic heterocycles. The first-order valence-electron chi connectivity index (χ1n) is 11.2. The lowest BCUT2D eigenvalue weighted by Gasteiger charge is -2.27. The normalized spacial score (nSPS) is 19.0. The average Bonchev–Trinajstić information content (AvgIpc) is 3.30. The smallest absolute Gasteiger partial charge is 0.253 e. The standard InChI is InChI=1S/C26H25N7O/c27-15-23-19(9-10-30-25(23)28)5-7-22-16-31-24-8-6-21(17-33(22)24)18-1-3-20(4-2-18)26(34)32-13-11-29-12-14-32/h1-4,6,8-10,15,17,22,27,29H,11-14,16H2,(H2,28,30). The first-order chi connectivity index (χ1) is 16.6. The number of aliphatic imine (C=N–C) groups is 1. The molecule has 2 aromatic rings. The van der Waals surface area contributed by atoms with Crippen LogP contribution in [0.5, 0.6) is 0 Å². The number of amides is 1. The maximum atomic E-state index is 12.7. The molecule has 4 N–H and O–H groups in total. The minimum Gasteiger partial charge on any atom is -0.383 e. The van der Waals surface area contributed by atoms with Crippen LogP contribution in [0.4, 0.5) is 5.82 Å². The molecule has 1 atom stereocenters. The number of benzene rings is 1. The Morgan fingerprint density at radius 2 is 1.97 bits per heavy atom. The third-order valence-electron chi connectivity index (χ3n) is 6.12. The van der Waals surface area contributed by atoms with Crippen molar-refractivity contribution in [1.29, 1.82) is 5.41 Å². The summed E-state index contributed by atoms with van der Waals surface area (Å²) in [4.78, 5) is 25.3. The van der Waals surface area contributed by atoms with Gasteiger partial charge in [0, 0.05) is 61.5 Å². The summed E-state index contributed by atoms with van der Waals surface area (Å²) in [6, 6.07) is 9.41. The summed E-state index contributed by atoms with van der Waals surface area (Å²) in [6.07, 6.45) is 8.86. The lowest BCUT2D eigenvalue weighted by atomic mass is 10.0. The fourth-order valence-electron chi connectivity index (χ4n) is 4.21. The van der Waals surface area contributed by atoms with Crippen molar-refractivity contribution in [3.63, 3.8) is 0 Å². The van der Waals surface area contributed by atoms with Gasteiger partial charge in [-0.1, -0.05) is 24.0 Å². The Kier molecular flexibility index (Phi) is 5.93. The summed E-state index contributed by atoms with van der Waals surface area (Å²) in [6.45, 7) is 3.71. The van der Waals surface area contributed by atoms with Gasteiger partial charge < -0.3 is 26.3 Å². The van der Waals surface area contributed by atoms with Crippen molar-refractivity contribution in [3.05, 3.63) is 77.1 Å². The fourth-order valence-corrected chi connectivity index (χ4v) is 4.21. The zero-order valence-corrected chi connectivity index (χ0v) is 18.7. The molecule has 8 heteroatoms. The van der Waals surface area contributed by atoms with Crippen molar-refractivity contribution in [3.8, 4) is 11.8 Å². The number of hydrogen-bond donors (Lipinski definition) is 3. The number of fused-ring (bicyclic) bond motifs is 1. The van der Waals surface area contributed by atoms with Gasteiger partial charge in [0.25, 0.3) is 5.91 Å². The first-order valence-corrected chi connectivity index (χ1v) is 11.2. The lowest BCUT2D eigenvalue weighted by molar-refractivity contribution is 0.0736. The Balaban J connectivity index is 1.34. The minimum atomic E-state index is -0.114. The molecule has 4 heterocycles. The van der Waals surface area contributed by atoms with E-state index in [9.17, 15) is 4.79 Å². The Bertz CT molecular complexity index is 1270. The van der Waals surface area contributed by atoms with E-state index < -0.39 is 0 Å². The van der Waals surface area contributed by atoms with Gasteiger partial charge in [0.05, 0.1) is 6.54 Å². The van der Waals surface area contributed by atoms with Gasteiger partial charge in [0.1, 0.15) is 17.7 Å². The molecule has 0 bridgehead atoms. The van der Waals surface area contributed by atoms with Crippen LogP contribution >= 0.6 is 0 Å². The summed E-state index contributed by atoms with van der Waals surface area (Å²) in [5.41, 5.74) is 9.83. The number of aromatic nitrogens is 1. The molecule has 34 heavy (non-hydrogen) atoms. The molecule has 1 aromatic carbocycles. The Hall–Kier alpha value is -4.22. The van der Waals surface area contributed by atoms with Crippen molar-refractivity contribution in [2.24, 2.45) is 4.99 Å². The third-order valence-corrected chi connectivity index (χ3v) is 6.12. The predicted octanol–water partition coefficient (Wildman–Crippen LogP) is 1.75. The van der Waals surface area contributed by atoms with Crippen LogP contribution in [0.1, 0.15) is 27.0 Å². The van der Waals surface area contributed by atoms with Gasteiger partial charge in [-0.05, 0) is 41.5 Å².